The Balaban J connectivity index is 2.03. The number of nitrogens with one attached hydrogen (secondary N) is 1. The van der Waals surface area contributed by atoms with Gasteiger partial charge in [-0.2, -0.15) is 0 Å². The van der Waals surface area contributed by atoms with Gasteiger partial charge >= 0.3 is 0 Å². The molecule has 1 heterocycles. The lowest BCUT2D eigenvalue weighted by atomic mass is 9.91. The minimum Gasteiger partial charge on any atom is -0.394 e. The van der Waals surface area contributed by atoms with Crippen LogP contribution in [-0.2, 0) is 14.2 Å². The van der Waals surface area contributed by atoms with Gasteiger partial charge in [-0.15, -0.1) is 0 Å². The molecular formula is C12H25NO4. The maximum absolute atomic E-state index is 9.44. The van der Waals surface area contributed by atoms with E-state index in [2.05, 4.69) is 5.32 Å². The summed E-state index contributed by atoms with van der Waals surface area (Å²) in [7, 11) is 1.69. The largest absolute Gasteiger partial charge is 0.394 e. The van der Waals surface area contributed by atoms with Crippen LogP contribution in [0.5, 0.6) is 0 Å². The third kappa shape index (κ3) is 5.79. The fourth-order valence-corrected chi connectivity index (χ4v) is 1.95. The second kappa shape index (κ2) is 8.83. The van der Waals surface area contributed by atoms with E-state index in [1.54, 1.807) is 7.11 Å². The van der Waals surface area contributed by atoms with Crippen molar-refractivity contribution in [2.75, 3.05) is 53.3 Å². The van der Waals surface area contributed by atoms with Crippen LogP contribution in [0, 0.1) is 0 Å². The topological polar surface area (TPSA) is 60.0 Å². The standard InChI is InChI=1S/C12H25NO4/c1-15-6-2-7-16-10-5-13-12(11-14)3-8-17-9-4-12/h13-14H,2-11H2,1H3. The summed E-state index contributed by atoms with van der Waals surface area (Å²) in [6.07, 6.45) is 2.66. The zero-order valence-corrected chi connectivity index (χ0v) is 10.7. The van der Waals surface area contributed by atoms with Crippen molar-refractivity contribution in [1.82, 2.24) is 5.32 Å². The molecule has 0 aromatic heterocycles. The van der Waals surface area contributed by atoms with Gasteiger partial charge in [-0.3, -0.25) is 0 Å². The predicted molar refractivity (Wildman–Crippen MR) is 65.2 cm³/mol. The van der Waals surface area contributed by atoms with Gasteiger partial charge in [0.2, 0.25) is 0 Å². The molecule has 5 heteroatoms. The number of rotatable bonds is 9. The fourth-order valence-electron chi connectivity index (χ4n) is 1.95. The molecule has 0 aromatic carbocycles. The van der Waals surface area contributed by atoms with Gasteiger partial charge < -0.3 is 24.6 Å². The third-order valence-electron chi connectivity index (χ3n) is 3.14. The summed E-state index contributed by atoms with van der Waals surface area (Å²) in [5.74, 6) is 0. The summed E-state index contributed by atoms with van der Waals surface area (Å²) >= 11 is 0. The lowest BCUT2D eigenvalue weighted by Crippen LogP contribution is -2.53. The smallest absolute Gasteiger partial charge is 0.0615 e. The van der Waals surface area contributed by atoms with Crippen LogP contribution in [0.1, 0.15) is 19.3 Å². The van der Waals surface area contributed by atoms with Crippen LogP contribution in [0.15, 0.2) is 0 Å². The minimum atomic E-state index is -0.159. The van der Waals surface area contributed by atoms with Crippen LogP contribution in [-0.4, -0.2) is 63.9 Å². The molecule has 1 aliphatic heterocycles. The zero-order chi connectivity index (χ0) is 12.4. The highest BCUT2D eigenvalue weighted by Gasteiger charge is 2.30. The van der Waals surface area contributed by atoms with E-state index in [1.807, 2.05) is 0 Å². The molecule has 1 aliphatic rings. The van der Waals surface area contributed by atoms with Gasteiger partial charge in [0, 0.05) is 45.6 Å². The van der Waals surface area contributed by atoms with E-state index in [9.17, 15) is 5.11 Å². The van der Waals surface area contributed by atoms with Crippen LogP contribution in [0.3, 0.4) is 0 Å². The average molecular weight is 247 g/mol. The molecule has 0 saturated carbocycles. The van der Waals surface area contributed by atoms with E-state index >= 15 is 0 Å². The lowest BCUT2D eigenvalue weighted by molar-refractivity contribution is 0.00751. The molecule has 0 amide bonds. The van der Waals surface area contributed by atoms with Gasteiger partial charge in [0.1, 0.15) is 0 Å². The van der Waals surface area contributed by atoms with Crippen LogP contribution in [0.4, 0.5) is 0 Å². The molecule has 1 fully saturated rings. The van der Waals surface area contributed by atoms with Gasteiger partial charge in [-0.1, -0.05) is 0 Å². The van der Waals surface area contributed by atoms with Gasteiger partial charge in [0.15, 0.2) is 0 Å². The Hall–Kier alpha value is -0.200. The van der Waals surface area contributed by atoms with Crippen molar-refractivity contribution < 1.29 is 19.3 Å². The maximum atomic E-state index is 9.44. The Morgan fingerprint density at radius 3 is 2.65 bits per heavy atom. The molecule has 1 rings (SSSR count). The molecule has 0 aliphatic carbocycles. The van der Waals surface area contributed by atoms with Gasteiger partial charge in [-0.05, 0) is 19.3 Å². The van der Waals surface area contributed by atoms with Crippen LogP contribution in [0.25, 0.3) is 0 Å². The van der Waals surface area contributed by atoms with Crippen molar-refractivity contribution in [3.8, 4) is 0 Å². The van der Waals surface area contributed by atoms with Crippen molar-refractivity contribution >= 4 is 0 Å². The number of methoxy groups -OCH3 is 1. The van der Waals surface area contributed by atoms with Gasteiger partial charge in [0.25, 0.3) is 0 Å². The zero-order valence-electron chi connectivity index (χ0n) is 10.7. The molecule has 0 aromatic rings. The van der Waals surface area contributed by atoms with Gasteiger partial charge in [0.05, 0.1) is 13.2 Å². The second-order valence-electron chi connectivity index (χ2n) is 4.44. The van der Waals surface area contributed by atoms with E-state index < -0.39 is 0 Å². The number of aliphatic hydroxyl groups excluding tert-OH is 1. The van der Waals surface area contributed by atoms with E-state index in [0.29, 0.717) is 6.61 Å². The van der Waals surface area contributed by atoms with Crippen molar-refractivity contribution in [3.63, 3.8) is 0 Å². The normalized spacial score (nSPS) is 19.4. The summed E-state index contributed by atoms with van der Waals surface area (Å²) in [5.41, 5.74) is -0.159. The monoisotopic (exact) mass is 247 g/mol. The molecule has 1 saturated heterocycles. The van der Waals surface area contributed by atoms with Crippen LogP contribution in [0.2, 0.25) is 0 Å². The maximum Gasteiger partial charge on any atom is 0.0615 e. The highest BCUT2D eigenvalue weighted by molar-refractivity contribution is 4.89. The van der Waals surface area contributed by atoms with Crippen LogP contribution < -0.4 is 5.32 Å². The molecule has 0 radical (unpaired) electrons. The van der Waals surface area contributed by atoms with Gasteiger partial charge in [-0.25, -0.2) is 0 Å². The molecular weight excluding hydrogens is 222 g/mol. The molecule has 0 bridgehead atoms. The molecule has 17 heavy (non-hydrogen) atoms. The van der Waals surface area contributed by atoms with E-state index in [-0.39, 0.29) is 12.1 Å². The van der Waals surface area contributed by atoms with E-state index in [4.69, 9.17) is 14.2 Å². The first-order chi connectivity index (χ1) is 8.33. The summed E-state index contributed by atoms with van der Waals surface area (Å²) in [6, 6.07) is 0. The van der Waals surface area contributed by atoms with Crippen molar-refractivity contribution in [2.24, 2.45) is 0 Å². The first-order valence-electron chi connectivity index (χ1n) is 6.33. The summed E-state index contributed by atoms with van der Waals surface area (Å²) in [4.78, 5) is 0. The summed E-state index contributed by atoms with van der Waals surface area (Å²) in [5, 5.41) is 12.8. The minimum absolute atomic E-state index is 0.159. The van der Waals surface area contributed by atoms with Crippen molar-refractivity contribution in [2.45, 2.75) is 24.8 Å². The predicted octanol–water partition coefficient (Wildman–Crippen LogP) is 0.171. The second-order valence-corrected chi connectivity index (χ2v) is 4.44. The molecule has 2 N–H and O–H groups in total. The Labute approximate surface area is 103 Å². The summed E-state index contributed by atoms with van der Waals surface area (Å²) in [6.45, 7) is 4.53. The van der Waals surface area contributed by atoms with Crippen molar-refractivity contribution in [3.05, 3.63) is 0 Å². The number of aliphatic hydroxyl groups is 1. The Morgan fingerprint density at radius 1 is 1.24 bits per heavy atom. The molecule has 5 nitrogen and oxygen atoms in total. The third-order valence-corrected chi connectivity index (χ3v) is 3.14. The Kier molecular flexibility index (Phi) is 7.72. The quantitative estimate of drug-likeness (QED) is 0.569. The van der Waals surface area contributed by atoms with Crippen LogP contribution >= 0.6 is 0 Å². The highest BCUT2D eigenvalue weighted by Crippen LogP contribution is 2.19. The van der Waals surface area contributed by atoms with E-state index in [1.165, 1.54) is 0 Å². The Bertz CT molecular complexity index is 183. The number of ether oxygens (including phenoxy) is 3. The number of hydrogen-bond acceptors (Lipinski definition) is 5. The lowest BCUT2D eigenvalue weighted by Gasteiger charge is -2.36. The highest BCUT2D eigenvalue weighted by atomic mass is 16.5. The fraction of sp³-hybridized carbons (Fsp3) is 1.00. The molecule has 102 valence electrons. The van der Waals surface area contributed by atoms with E-state index in [0.717, 1.165) is 52.2 Å². The first-order valence-corrected chi connectivity index (χ1v) is 6.33. The average Bonchev–Trinajstić information content (AvgIpc) is 2.39. The Morgan fingerprint density at radius 2 is 2.00 bits per heavy atom. The molecule has 0 unspecified atom stereocenters. The first kappa shape index (κ1) is 14.9. The molecule has 0 atom stereocenters. The summed E-state index contributed by atoms with van der Waals surface area (Å²) < 4.78 is 15.7. The molecule has 0 spiro atoms. The SMILES string of the molecule is COCCCOCCNC1(CO)CCOCC1. The van der Waals surface area contributed by atoms with Crippen molar-refractivity contribution in [1.29, 1.82) is 0 Å². The number of hydrogen-bond donors (Lipinski definition) is 2.